The van der Waals surface area contributed by atoms with Gasteiger partial charge in [0.2, 0.25) is 0 Å². The van der Waals surface area contributed by atoms with Crippen LogP contribution in [0.3, 0.4) is 0 Å². The molecule has 2 rings (SSSR count). The standard InChI is InChI=1S/C18H24N2O2S/c1-6-22-17(21)13(4)11-15(12(2)3)20(5)18-19-14-9-7-8-10-16(14)23-18/h7-12,15H,6H2,1-5H3/b13-11+/t15-/m1/s1. The van der Waals surface area contributed by atoms with E-state index in [0.29, 0.717) is 18.1 Å². The minimum absolute atomic E-state index is 0.0833. The molecule has 1 atom stereocenters. The van der Waals surface area contributed by atoms with Crippen LogP contribution >= 0.6 is 11.3 Å². The predicted octanol–water partition coefficient (Wildman–Crippen LogP) is 4.27. The van der Waals surface area contributed by atoms with Crippen molar-refractivity contribution in [2.45, 2.75) is 33.7 Å². The number of anilines is 1. The monoisotopic (exact) mass is 332 g/mol. The molecule has 0 amide bonds. The second kappa shape index (κ2) is 7.59. The van der Waals surface area contributed by atoms with E-state index in [1.807, 2.05) is 38.2 Å². The number of nitrogens with zero attached hydrogens (tertiary/aromatic N) is 2. The van der Waals surface area contributed by atoms with Gasteiger partial charge in [-0.3, -0.25) is 0 Å². The number of thiazole rings is 1. The largest absolute Gasteiger partial charge is 0.463 e. The van der Waals surface area contributed by atoms with Crippen molar-refractivity contribution >= 4 is 32.7 Å². The lowest BCUT2D eigenvalue weighted by Crippen LogP contribution is -2.35. The summed E-state index contributed by atoms with van der Waals surface area (Å²) in [5, 5.41) is 0.956. The van der Waals surface area contributed by atoms with Crippen LogP contribution in [-0.4, -0.2) is 30.6 Å². The fourth-order valence-electron chi connectivity index (χ4n) is 2.46. The summed E-state index contributed by atoms with van der Waals surface area (Å²) in [7, 11) is 2.03. The number of rotatable bonds is 6. The number of para-hydroxylation sites is 1. The smallest absolute Gasteiger partial charge is 0.333 e. The van der Waals surface area contributed by atoms with E-state index in [1.54, 1.807) is 18.3 Å². The molecule has 0 N–H and O–H groups in total. The van der Waals surface area contributed by atoms with Crippen LogP contribution in [-0.2, 0) is 9.53 Å². The molecule has 1 heterocycles. The Labute approximate surface area is 141 Å². The first-order valence-electron chi connectivity index (χ1n) is 7.88. The van der Waals surface area contributed by atoms with Gasteiger partial charge >= 0.3 is 5.97 Å². The molecule has 0 aliphatic heterocycles. The van der Waals surface area contributed by atoms with E-state index in [2.05, 4.69) is 24.8 Å². The molecule has 1 aromatic heterocycles. The van der Waals surface area contributed by atoms with Gasteiger partial charge in [0.1, 0.15) is 0 Å². The molecule has 4 nitrogen and oxygen atoms in total. The van der Waals surface area contributed by atoms with E-state index < -0.39 is 0 Å². The molecule has 1 aromatic carbocycles. The second-order valence-electron chi connectivity index (χ2n) is 5.88. The minimum atomic E-state index is -0.254. The Bertz CT molecular complexity index is 673. The summed E-state index contributed by atoms with van der Waals surface area (Å²) in [4.78, 5) is 18.7. The number of hydrogen-bond donors (Lipinski definition) is 0. The highest BCUT2D eigenvalue weighted by Gasteiger charge is 2.21. The quantitative estimate of drug-likeness (QED) is 0.585. The van der Waals surface area contributed by atoms with Gasteiger partial charge in [-0.05, 0) is 31.9 Å². The lowest BCUT2D eigenvalue weighted by Gasteiger charge is -2.29. The zero-order chi connectivity index (χ0) is 17.0. The van der Waals surface area contributed by atoms with Crippen LogP contribution in [0.4, 0.5) is 5.13 Å². The normalized spacial score (nSPS) is 13.4. The Morgan fingerprint density at radius 1 is 1.39 bits per heavy atom. The minimum Gasteiger partial charge on any atom is -0.463 e. The topological polar surface area (TPSA) is 42.4 Å². The first kappa shape index (κ1) is 17.5. The number of likely N-dealkylation sites (N-methyl/N-ethyl adjacent to an activating group) is 1. The van der Waals surface area contributed by atoms with E-state index in [9.17, 15) is 4.79 Å². The first-order valence-corrected chi connectivity index (χ1v) is 8.69. The summed E-state index contributed by atoms with van der Waals surface area (Å²) in [6.45, 7) is 8.30. The average Bonchev–Trinajstić information content (AvgIpc) is 2.95. The Kier molecular flexibility index (Phi) is 5.77. The van der Waals surface area contributed by atoms with Gasteiger partial charge in [0, 0.05) is 12.6 Å². The Hall–Kier alpha value is -1.88. The number of ether oxygens (including phenoxy) is 1. The van der Waals surface area contributed by atoms with Crippen LogP contribution in [0.2, 0.25) is 0 Å². The molecule has 0 saturated heterocycles. The highest BCUT2D eigenvalue weighted by Crippen LogP contribution is 2.30. The zero-order valence-corrected chi connectivity index (χ0v) is 15.2. The number of aromatic nitrogens is 1. The van der Waals surface area contributed by atoms with Crippen LogP contribution < -0.4 is 4.90 Å². The summed E-state index contributed by atoms with van der Waals surface area (Å²) in [5.74, 6) is 0.0900. The molecule has 124 valence electrons. The molecule has 0 spiro atoms. The Balaban J connectivity index is 2.29. The van der Waals surface area contributed by atoms with Gasteiger partial charge in [-0.25, -0.2) is 9.78 Å². The van der Waals surface area contributed by atoms with Crippen molar-refractivity contribution < 1.29 is 9.53 Å². The highest BCUT2D eigenvalue weighted by atomic mass is 32.1. The Morgan fingerprint density at radius 2 is 2.09 bits per heavy atom. The van der Waals surface area contributed by atoms with Crippen LogP contribution in [0.25, 0.3) is 10.2 Å². The maximum Gasteiger partial charge on any atom is 0.333 e. The molecular formula is C18H24N2O2S. The summed E-state index contributed by atoms with van der Waals surface area (Å²) >= 11 is 1.67. The summed E-state index contributed by atoms with van der Waals surface area (Å²) in [5.41, 5.74) is 1.64. The maximum absolute atomic E-state index is 11.9. The van der Waals surface area contributed by atoms with Crippen LogP contribution in [0.15, 0.2) is 35.9 Å². The molecule has 0 unspecified atom stereocenters. The van der Waals surface area contributed by atoms with Crippen LogP contribution in [0.1, 0.15) is 27.7 Å². The number of carbonyl (C=O) groups excluding carboxylic acids is 1. The van der Waals surface area contributed by atoms with Crippen molar-refractivity contribution in [3.63, 3.8) is 0 Å². The van der Waals surface area contributed by atoms with Gasteiger partial charge in [-0.15, -0.1) is 0 Å². The molecular weight excluding hydrogens is 308 g/mol. The number of fused-ring (bicyclic) bond motifs is 1. The third kappa shape index (κ3) is 4.10. The molecule has 0 radical (unpaired) electrons. The number of esters is 1. The SMILES string of the molecule is CCOC(=O)/C(C)=C/[C@H](C(C)C)N(C)c1nc2ccccc2s1. The molecule has 0 saturated carbocycles. The van der Waals surface area contributed by atoms with Crippen molar-refractivity contribution in [2.75, 3.05) is 18.6 Å². The van der Waals surface area contributed by atoms with Crippen molar-refractivity contribution in [1.82, 2.24) is 4.98 Å². The van der Waals surface area contributed by atoms with Crippen molar-refractivity contribution in [1.29, 1.82) is 0 Å². The van der Waals surface area contributed by atoms with E-state index in [4.69, 9.17) is 9.72 Å². The second-order valence-corrected chi connectivity index (χ2v) is 6.89. The molecule has 0 bridgehead atoms. The first-order chi connectivity index (χ1) is 10.9. The Morgan fingerprint density at radius 3 is 2.70 bits per heavy atom. The molecule has 2 aromatic rings. The van der Waals surface area contributed by atoms with Gasteiger partial charge < -0.3 is 9.64 Å². The van der Waals surface area contributed by atoms with Crippen molar-refractivity contribution in [2.24, 2.45) is 5.92 Å². The summed E-state index contributed by atoms with van der Waals surface area (Å²) in [6.07, 6.45) is 1.98. The highest BCUT2D eigenvalue weighted by molar-refractivity contribution is 7.22. The molecule has 23 heavy (non-hydrogen) atoms. The van der Waals surface area contributed by atoms with Gasteiger partial charge in [0.05, 0.1) is 22.9 Å². The lowest BCUT2D eigenvalue weighted by atomic mass is 10.0. The van der Waals surface area contributed by atoms with E-state index >= 15 is 0 Å². The molecule has 0 fully saturated rings. The molecule has 5 heteroatoms. The van der Waals surface area contributed by atoms with Crippen molar-refractivity contribution in [3.8, 4) is 0 Å². The third-order valence-corrected chi connectivity index (χ3v) is 4.86. The third-order valence-electron chi connectivity index (χ3n) is 3.73. The zero-order valence-electron chi connectivity index (χ0n) is 14.4. The van der Waals surface area contributed by atoms with Gasteiger partial charge in [-0.2, -0.15) is 0 Å². The predicted molar refractivity (Wildman–Crippen MR) is 97.0 cm³/mol. The molecule has 0 aliphatic carbocycles. The van der Waals surface area contributed by atoms with E-state index in [-0.39, 0.29) is 12.0 Å². The van der Waals surface area contributed by atoms with Crippen LogP contribution in [0.5, 0.6) is 0 Å². The summed E-state index contributed by atoms with van der Waals surface area (Å²) < 4.78 is 6.25. The van der Waals surface area contributed by atoms with Gasteiger partial charge in [0.25, 0.3) is 0 Å². The summed E-state index contributed by atoms with van der Waals surface area (Å²) in [6, 6.07) is 8.20. The fraction of sp³-hybridized carbons (Fsp3) is 0.444. The number of benzene rings is 1. The van der Waals surface area contributed by atoms with Gasteiger partial charge in [-0.1, -0.05) is 43.4 Å². The average molecular weight is 332 g/mol. The number of carbonyl (C=O) groups is 1. The van der Waals surface area contributed by atoms with E-state index in [1.165, 1.54) is 4.70 Å². The van der Waals surface area contributed by atoms with Crippen LogP contribution in [0, 0.1) is 5.92 Å². The number of hydrogen-bond acceptors (Lipinski definition) is 5. The molecule has 0 aliphatic rings. The van der Waals surface area contributed by atoms with E-state index in [0.717, 1.165) is 10.6 Å². The van der Waals surface area contributed by atoms with Crippen molar-refractivity contribution in [3.05, 3.63) is 35.9 Å². The van der Waals surface area contributed by atoms with Gasteiger partial charge in [0.15, 0.2) is 5.13 Å². The lowest BCUT2D eigenvalue weighted by molar-refractivity contribution is -0.138. The fourth-order valence-corrected chi connectivity index (χ4v) is 3.43. The maximum atomic E-state index is 11.9.